The number of carbonyl (C=O) groups is 1. The number of aliphatic hydroxyl groups excluding tert-OH is 1. The van der Waals surface area contributed by atoms with Gasteiger partial charge in [-0.2, -0.15) is 0 Å². The van der Waals surface area contributed by atoms with Crippen molar-refractivity contribution >= 4 is 21.8 Å². The highest BCUT2D eigenvalue weighted by Gasteiger charge is 2.17. The van der Waals surface area contributed by atoms with Crippen LogP contribution in [-0.4, -0.2) is 23.7 Å². The third-order valence-electron chi connectivity index (χ3n) is 3.75. The highest BCUT2D eigenvalue weighted by atomic mass is 79.9. The largest absolute Gasteiger partial charge is 0.483 e. The van der Waals surface area contributed by atoms with Gasteiger partial charge in [-0.05, 0) is 38.0 Å². The van der Waals surface area contributed by atoms with Crippen molar-refractivity contribution < 1.29 is 14.6 Å². The predicted molar refractivity (Wildman–Crippen MR) is 85.3 cm³/mol. The van der Waals surface area contributed by atoms with Crippen LogP contribution in [0.2, 0.25) is 0 Å². The normalized spacial score (nSPS) is 17.3. The highest BCUT2D eigenvalue weighted by molar-refractivity contribution is 9.10. The minimum absolute atomic E-state index is 0.0160. The van der Waals surface area contributed by atoms with E-state index in [9.17, 15) is 9.90 Å². The van der Waals surface area contributed by atoms with Crippen LogP contribution >= 0.6 is 15.9 Å². The molecule has 116 valence electrons. The van der Waals surface area contributed by atoms with Crippen LogP contribution in [0.1, 0.15) is 50.7 Å². The fraction of sp³-hybridized carbons (Fsp3) is 0.562. The van der Waals surface area contributed by atoms with Gasteiger partial charge in [-0.25, -0.2) is 0 Å². The standard InChI is InChI=1S/C16H22BrNO3/c1-11(19)14-9-12(17)7-8-15(14)21-10-16(20)18-13-5-3-2-4-6-13/h7-9,11,13,19H,2-6,10H2,1H3,(H,18,20). The molecular weight excluding hydrogens is 334 g/mol. The van der Waals surface area contributed by atoms with Gasteiger partial charge in [0.2, 0.25) is 0 Å². The van der Waals surface area contributed by atoms with E-state index in [0.717, 1.165) is 17.3 Å². The Hall–Kier alpha value is -1.07. The molecule has 0 bridgehead atoms. The summed E-state index contributed by atoms with van der Waals surface area (Å²) >= 11 is 3.36. The lowest BCUT2D eigenvalue weighted by Gasteiger charge is -2.23. The van der Waals surface area contributed by atoms with Gasteiger partial charge in [0.05, 0.1) is 6.10 Å². The molecule has 0 aromatic heterocycles. The summed E-state index contributed by atoms with van der Waals surface area (Å²) in [5, 5.41) is 12.8. The van der Waals surface area contributed by atoms with Gasteiger partial charge in [0.1, 0.15) is 5.75 Å². The van der Waals surface area contributed by atoms with Crippen molar-refractivity contribution in [3.05, 3.63) is 28.2 Å². The quantitative estimate of drug-likeness (QED) is 0.851. The van der Waals surface area contributed by atoms with E-state index >= 15 is 0 Å². The molecule has 2 N–H and O–H groups in total. The maximum Gasteiger partial charge on any atom is 0.258 e. The molecular formula is C16H22BrNO3. The molecule has 1 amide bonds. The van der Waals surface area contributed by atoms with Gasteiger partial charge in [0.15, 0.2) is 6.61 Å². The van der Waals surface area contributed by atoms with Crippen LogP contribution in [0.4, 0.5) is 0 Å². The molecule has 0 heterocycles. The fourth-order valence-corrected chi connectivity index (χ4v) is 3.02. The van der Waals surface area contributed by atoms with Crippen LogP contribution in [0.3, 0.4) is 0 Å². The van der Waals surface area contributed by atoms with Gasteiger partial charge < -0.3 is 15.2 Å². The van der Waals surface area contributed by atoms with E-state index < -0.39 is 6.10 Å². The molecule has 0 aliphatic heterocycles. The number of halogens is 1. The summed E-state index contributed by atoms with van der Waals surface area (Å²) in [6.45, 7) is 1.66. The Bertz CT molecular complexity index is 484. The first-order valence-corrected chi connectivity index (χ1v) is 8.25. The third-order valence-corrected chi connectivity index (χ3v) is 4.24. The number of benzene rings is 1. The maximum atomic E-state index is 11.9. The smallest absolute Gasteiger partial charge is 0.258 e. The number of nitrogens with one attached hydrogen (secondary N) is 1. The van der Waals surface area contributed by atoms with Crippen molar-refractivity contribution in [1.82, 2.24) is 5.32 Å². The first-order valence-electron chi connectivity index (χ1n) is 7.46. The Morgan fingerprint density at radius 3 is 2.81 bits per heavy atom. The maximum absolute atomic E-state index is 11.9. The second kappa shape index (κ2) is 7.80. The van der Waals surface area contributed by atoms with Gasteiger partial charge in [-0.1, -0.05) is 35.2 Å². The number of rotatable bonds is 5. The second-order valence-electron chi connectivity index (χ2n) is 5.55. The molecule has 1 aromatic carbocycles. The van der Waals surface area contributed by atoms with E-state index in [1.165, 1.54) is 19.3 Å². The topological polar surface area (TPSA) is 58.6 Å². The second-order valence-corrected chi connectivity index (χ2v) is 6.46. The molecule has 2 rings (SSSR count). The van der Waals surface area contributed by atoms with Crippen LogP contribution in [0.15, 0.2) is 22.7 Å². The van der Waals surface area contributed by atoms with Gasteiger partial charge >= 0.3 is 0 Å². The van der Waals surface area contributed by atoms with Crippen LogP contribution in [0.5, 0.6) is 5.75 Å². The molecule has 1 fully saturated rings. The van der Waals surface area contributed by atoms with Crippen molar-refractivity contribution in [1.29, 1.82) is 0 Å². The van der Waals surface area contributed by atoms with E-state index in [1.54, 1.807) is 19.1 Å². The minimum atomic E-state index is -0.640. The summed E-state index contributed by atoms with van der Waals surface area (Å²) in [5.74, 6) is 0.452. The fourth-order valence-electron chi connectivity index (χ4n) is 2.64. The molecule has 5 heteroatoms. The monoisotopic (exact) mass is 355 g/mol. The molecule has 4 nitrogen and oxygen atoms in total. The summed E-state index contributed by atoms with van der Waals surface area (Å²) in [4.78, 5) is 11.9. The summed E-state index contributed by atoms with van der Waals surface area (Å²) in [6.07, 6.45) is 5.11. The Morgan fingerprint density at radius 1 is 1.43 bits per heavy atom. The first kappa shape index (κ1) is 16.3. The average Bonchev–Trinajstić information content (AvgIpc) is 2.47. The van der Waals surface area contributed by atoms with Crippen molar-refractivity contribution in [2.75, 3.05) is 6.61 Å². The van der Waals surface area contributed by atoms with E-state index in [0.29, 0.717) is 11.3 Å². The average molecular weight is 356 g/mol. The molecule has 0 spiro atoms. The number of carbonyl (C=O) groups excluding carboxylic acids is 1. The molecule has 1 saturated carbocycles. The van der Waals surface area contributed by atoms with E-state index in [4.69, 9.17) is 4.74 Å². The molecule has 1 atom stereocenters. The Balaban J connectivity index is 1.88. The van der Waals surface area contributed by atoms with Gasteiger partial charge in [0.25, 0.3) is 5.91 Å². The molecule has 1 unspecified atom stereocenters. The van der Waals surface area contributed by atoms with Crippen LogP contribution in [-0.2, 0) is 4.79 Å². The van der Waals surface area contributed by atoms with Crippen molar-refractivity contribution in [3.63, 3.8) is 0 Å². The predicted octanol–water partition coefficient (Wildman–Crippen LogP) is 3.33. The van der Waals surface area contributed by atoms with Crippen molar-refractivity contribution in [2.45, 2.75) is 51.2 Å². The lowest BCUT2D eigenvalue weighted by Crippen LogP contribution is -2.39. The van der Waals surface area contributed by atoms with Gasteiger partial charge in [0, 0.05) is 16.1 Å². The van der Waals surface area contributed by atoms with E-state index in [2.05, 4.69) is 21.2 Å². The van der Waals surface area contributed by atoms with Gasteiger partial charge in [-0.15, -0.1) is 0 Å². The van der Waals surface area contributed by atoms with Crippen LogP contribution < -0.4 is 10.1 Å². The molecule has 0 radical (unpaired) electrons. The Labute approximate surface area is 134 Å². The molecule has 21 heavy (non-hydrogen) atoms. The minimum Gasteiger partial charge on any atom is -0.483 e. The SMILES string of the molecule is CC(O)c1cc(Br)ccc1OCC(=O)NC1CCCCC1. The first-order chi connectivity index (χ1) is 10.1. The Morgan fingerprint density at radius 2 is 2.14 bits per heavy atom. The zero-order valence-electron chi connectivity index (χ0n) is 12.3. The molecule has 1 aromatic rings. The van der Waals surface area contributed by atoms with Crippen LogP contribution in [0.25, 0.3) is 0 Å². The summed E-state index contributed by atoms with van der Waals surface area (Å²) in [6, 6.07) is 5.69. The lowest BCUT2D eigenvalue weighted by atomic mass is 9.95. The molecule has 1 aliphatic carbocycles. The zero-order valence-corrected chi connectivity index (χ0v) is 13.9. The van der Waals surface area contributed by atoms with Crippen molar-refractivity contribution in [3.8, 4) is 5.75 Å². The zero-order chi connectivity index (χ0) is 15.2. The van der Waals surface area contributed by atoms with Crippen LogP contribution in [0, 0.1) is 0 Å². The van der Waals surface area contributed by atoms with E-state index in [-0.39, 0.29) is 18.6 Å². The lowest BCUT2D eigenvalue weighted by molar-refractivity contribution is -0.124. The van der Waals surface area contributed by atoms with E-state index in [1.807, 2.05) is 6.07 Å². The summed E-state index contributed by atoms with van der Waals surface area (Å²) in [7, 11) is 0. The number of amides is 1. The number of hydrogen-bond donors (Lipinski definition) is 2. The number of ether oxygens (including phenoxy) is 1. The Kier molecular flexibility index (Phi) is 6.06. The highest BCUT2D eigenvalue weighted by Crippen LogP contribution is 2.28. The molecule has 0 saturated heterocycles. The molecule has 1 aliphatic rings. The van der Waals surface area contributed by atoms with Gasteiger partial charge in [-0.3, -0.25) is 4.79 Å². The number of aliphatic hydroxyl groups is 1. The summed E-state index contributed by atoms with van der Waals surface area (Å²) < 4.78 is 6.44. The van der Waals surface area contributed by atoms with Crippen molar-refractivity contribution in [2.24, 2.45) is 0 Å². The third kappa shape index (κ3) is 5.00. The number of hydrogen-bond acceptors (Lipinski definition) is 3. The summed E-state index contributed by atoms with van der Waals surface area (Å²) in [5.41, 5.74) is 0.676.